The van der Waals surface area contributed by atoms with Crippen LogP contribution in [0.1, 0.15) is 71.1 Å². The molecule has 134 valence electrons. The third kappa shape index (κ3) is 11.9. The summed E-state index contributed by atoms with van der Waals surface area (Å²) >= 11 is 0. The summed E-state index contributed by atoms with van der Waals surface area (Å²) in [5.41, 5.74) is 0. The molecule has 1 aliphatic rings. The van der Waals surface area contributed by atoms with Gasteiger partial charge in [0.25, 0.3) is 0 Å². The SMILES string of the molecule is CCCNC(=O)/C=C/C=C/CCCCCCCCC1C=CC=CC1. The van der Waals surface area contributed by atoms with Gasteiger partial charge in [-0.15, -0.1) is 0 Å². The van der Waals surface area contributed by atoms with Gasteiger partial charge in [-0.25, -0.2) is 0 Å². The maximum Gasteiger partial charge on any atom is 0.243 e. The molecule has 0 aromatic carbocycles. The van der Waals surface area contributed by atoms with E-state index in [4.69, 9.17) is 0 Å². The van der Waals surface area contributed by atoms with E-state index in [1.165, 1.54) is 51.4 Å². The van der Waals surface area contributed by atoms with Crippen LogP contribution in [0, 0.1) is 5.92 Å². The van der Waals surface area contributed by atoms with Crippen molar-refractivity contribution in [3.8, 4) is 0 Å². The molecule has 1 aliphatic carbocycles. The first-order valence-corrected chi connectivity index (χ1v) is 9.77. The summed E-state index contributed by atoms with van der Waals surface area (Å²) in [7, 11) is 0. The number of rotatable bonds is 13. The van der Waals surface area contributed by atoms with Gasteiger partial charge in [-0.05, 0) is 38.0 Å². The highest BCUT2D eigenvalue weighted by molar-refractivity contribution is 5.87. The van der Waals surface area contributed by atoms with E-state index < -0.39 is 0 Å². The Morgan fingerprint density at radius 1 is 1.08 bits per heavy atom. The highest BCUT2D eigenvalue weighted by Gasteiger charge is 2.04. The fourth-order valence-corrected chi connectivity index (χ4v) is 2.85. The standard InChI is InChI=1S/C22H35NO/c1-2-20-23-22(24)19-15-10-8-6-4-3-5-7-9-12-16-21-17-13-11-14-18-21/h8,10-11,13-15,17,19,21H,2-7,9,12,16,18,20H2,1H3,(H,23,24)/b10-8+,19-15+. The molecular formula is C22H35NO. The van der Waals surface area contributed by atoms with Gasteiger partial charge in [0.15, 0.2) is 0 Å². The van der Waals surface area contributed by atoms with E-state index in [2.05, 4.69) is 42.6 Å². The number of hydrogen-bond donors (Lipinski definition) is 1. The van der Waals surface area contributed by atoms with E-state index in [1.54, 1.807) is 6.08 Å². The van der Waals surface area contributed by atoms with Gasteiger partial charge >= 0.3 is 0 Å². The van der Waals surface area contributed by atoms with Gasteiger partial charge in [-0.3, -0.25) is 4.79 Å². The lowest BCUT2D eigenvalue weighted by Gasteiger charge is -2.12. The minimum Gasteiger partial charge on any atom is -0.353 e. The summed E-state index contributed by atoms with van der Waals surface area (Å²) in [6.45, 7) is 2.80. The first kappa shape index (κ1) is 20.5. The average molecular weight is 330 g/mol. The zero-order valence-corrected chi connectivity index (χ0v) is 15.4. The number of allylic oxidation sites excluding steroid dienone is 7. The number of carbonyl (C=O) groups is 1. The molecule has 0 aromatic heterocycles. The number of amides is 1. The van der Waals surface area contributed by atoms with Crippen LogP contribution < -0.4 is 5.32 Å². The van der Waals surface area contributed by atoms with Gasteiger partial charge in [0, 0.05) is 12.6 Å². The molecule has 0 heterocycles. The summed E-state index contributed by atoms with van der Waals surface area (Å²) in [6, 6.07) is 0. The Hall–Kier alpha value is -1.57. The zero-order valence-electron chi connectivity index (χ0n) is 15.4. The number of nitrogens with one attached hydrogen (secondary N) is 1. The predicted octanol–water partition coefficient (Wildman–Crippen LogP) is 5.88. The van der Waals surface area contributed by atoms with E-state index in [1.807, 2.05) is 12.2 Å². The lowest BCUT2D eigenvalue weighted by atomic mass is 9.94. The van der Waals surface area contributed by atoms with E-state index in [0.29, 0.717) is 0 Å². The summed E-state index contributed by atoms with van der Waals surface area (Å²) in [5, 5.41) is 2.82. The third-order valence-corrected chi connectivity index (χ3v) is 4.31. The molecule has 0 fully saturated rings. The molecule has 2 nitrogen and oxygen atoms in total. The molecule has 0 aliphatic heterocycles. The van der Waals surface area contributed by atoms with Crippen LogP contribution in [0.25, 0.3) is 0 Å². The first-order chi connectivity index (χ1) is 11.8. The van der Waals surface area contributed by atoms with Gasteiger partial charge < -0.3 is 5.32 Å². The average Bonchev–Trinajstić information content (AvgIpc) is 2.61. The van der Waals surface area contributed by atoms with Crippen molar-refractivity contribution < 1.29 is 4.79 Å². The van der Waals surface area contributed by atoms with Crippen LogP contribution in [0.5, 0.6) is 0 Å². The van der Waals surface area contributed by atoms with E-state index in [9.17, 15) is 4.79 Å². The highest BCUT2D eigenvalue weighted by atomic mass is 16.1. The second-order valence-corrected chi connectivity index (χ2v) is 6.59. The molecule has 1 N–H and O–H groups in total. The lowest BCUT2D eigenvalue weighted by molar-refractivity contribution is -0.116. The summed E-state index contributed by atoms with van der Waals surface area (Å²) in [5.74, 6) is 0.790. The second-order valence-electron chi connectivity index (χ2n) is 6.59. The summed E-state index contributed by atoms with van der Waals surface area (Å²) in [6.07, 6.45) is 29.3. The van der Waals surface area contributed by atoms with Crippen LogP contribution in [0.3, 0.4) is 0 Å². The minimum absolute atomic E-state index is 0.00115. The van der Waals surface area contributed by atoms with Crippen molar-refractivity contribution in [1.29, 1.82) is 0 Å². The molecule has 0 saturated heterocycles. The van der Waals surface area contributed by atoms with Crippen molar-refractivity contribution >= 4 is 5.91 Å². The fraction of sp³-hybridized carbons (Fsp3) is 0.591. The van der Waals surface area contributed by atoms with Crippen LogP contribution in [0.4, 0.5) is 0 Å². The van der Waals surface area contributed by atoms with Crippen molar-refractivity contribution in [2.24, 2.45) is 5.92 Å². The van der Waals surface area contributed by atoms with Crippen LogP contribution in [-0.2, 0) is 4.79 Å². The molecule has 2 heteroatoms. The molecule has 1 amide bonds. The van der Waals surface area contributed by atoms with Crippen molar-refractivity contribution in [2.45, 2.75) is 71.1 Å². The number of hydrogen-bond acceptors (Lipinski definition) is 1. The van der Waals surface area contributed by atoms with Gasteiger partial charge in [-0.1, -0.05) is 81.6 Å². The zero-order chi connectivity index (χ0) is 17.3. The molecular weight excluding hydrogens is 294 g/mol. The molecule has 0 bridgehead atoms. The minimum atomic E-state index is 0.00115. The number of carbonyl (C=O) groups excluding carboxylic acids is 1. The first-order valence-electron chi connectivity index (χ1n) is 9.77. The number of unbranched alkanes of at least 4 members (excludes halogenated alkanes) is 6. The van der Waals surface area contributed by atoms with Gasteiger partial charge in [0.1, 0.15) is 0 Å². The normalized spacial score (nSPS) is 17.1. The highest BCUT2D eigenvalue weighted by Crippen LogP contribution is 2.19. The van der Waals surface area contributed by atoms with Crippen molar-refractivity contribution in [3.63, 3.8) is 0 Å². The van der Waals surface area contributed by atoms with E-state index >= 15 is 0 Å². The fourth-order valence-electron chi connectivity index (χ4n) is 2.85. The Balaban J connectivity index is 1.85. The molecule has 0 radical (unpaired) electrons. The van der Waals surface area contributed by atoms with Crippen molar-refractivity contribution in [3.05, 3.63) is 48.6 Å². The molecule has 1 unspecified atom stereocenters. The Labute approximate surface area is 148 Å². The summed E-state index contributed by atoms with van der Waals surface area (Å²) < 4.78 is 0. The van der Waals surface area contributed by atoms with Gasteiger partial charge in [0.05, 0.1) is 0 Å². The third-order valence-electron chi connectivity index (χ3n) is 4.31. The lowest BCUT2D eigenvalue weighted by Crippen LogP contribution is -2.21. The van der Waals surface area contributed by atoms with Gasteiger partial charge in [-0.2, -0.15) is 0 Å². The Kier molecular flexibility index (Phi) is 12.8. The topological polar surface area (TPSA) is 29.1 Å². The smallest absolute Gasteiger partial charge is 0.243 e. The quantitative estimate of drug-likeness (QED) is 0.255. The van der Waals surface area contributed by atoms with E-state index in [0.717, 1.165) is 25.3 Å². The molecule has 0 saturated carbocycles. The van der Waals surface area contributed by atoms with Gasteiger partial charge in [0.2, 0.25) is 5.91 Å². The molecule has 24 heavy (non-hydrogen) atoms. The van der Waals surface area contributed by atoms with Crippen molar-refractivity contribution in [2.75, 3.05) is 6.54 Å². The van der Waals surface area contributed by atoms with Crippen LogP contribution >= 0.6 is 0 Å². The Bertz CT molecular complexity index is 431. The van der Waals surface area contributed by atoms with Crippen LogP contribution in [-0.4, -0.2) is 12.5 Å². The van der Waals surface area contributed by atoms with Crippen LogP contribution in [0.2, 0.25) is 0 Å². The van der Waals surface area contributed by atoms with Crippen molar-refractivity contribution in [1.82, 2.24) is 5.32 Å². The maximum absolute atomic E-state index is 11.3. The van der Waals surface area contributed by atoms with E-state index in [-0.39, 0.29) is 5.91 Å². The molecule has 1 rings (SSSR count). The maximum atomic E-state index is 11.3. The predicted molar refractivity (Wildman–Crippen MR) is 105 cm³/mol. The second kappa shape index (κ2) is 15.0. The summed E-state index contributed by atoms with van der Waals surface area (Å²) in [4.78, 5) is 11.3. The Morgan fingerprint density at radius 3 is 2.62 bits per heavy atom. The van der Waals surface area contributed by atoms with Crippen LogP contribution in [0.15, 0.2) is 48.6 Å². The monoisotopic (exact) mass is 329 g/mol. The Morgan fingerprint density at radius 2 is 1.88 bits per heavy atom. The molecule has 0 spiro atoms. The molecule has 1 atom stereocenters. The molecule has 0 aromatic rings. The largest absolute Gasteiger partial charge is 0.353 e.